The Morgan fingerprint density at radius 2 is 1.82 bits per heavy atom. The number of hydrogen-bond donors (Lipinski definition) is 0. The lowest BCUT2D eigenvalue weighted by molar-refractivity contribution is 0.476. The lowest BCUT2D eigenvalue weighted by Crippen LogP contribution is -1.89. The minimum absolute atomic E-state index is 0.170. The number of para-hydroxylation sites is 1. The summed E-state index contributed by atoms with van der Waals surface area (Å²) in [5.74, 6) is 0.645. The van der Waals surface area contributed by atoms with Gasteiger partial charge in [0.2, 0.25) is 0 Å². The van der Waals surface area contributed by atoms with Gasteiger partial charge in [-0.05, 0) is 29.8 Å². The molecule has 0 radical (unpaired) electrons. The van der Waals surface area contributed by atoms with Crippen molar-refractivity contribution in [3.05, 3.63) is 59.9 Å². The Balaban J connectivity index is 2.24. The van der Waals surface area contributed by atoms with Gasteiger partial charge in [-0.2, -0.15) is 5.26 Å². The molecule has 0 atom stereocenters. The molecule has 0 N–H and O–H groups in total. The van der Waals surface area contributed by atoms with Gasteiger partial charge in [0, 0.05) is 6.07 Å². The maximum absolute atomic E-state index is 13.3. The van der Waals surface area contributed by atoms with Gasteiger partial charge in [0.05, 0.1) is 12.5 Å². The SMILES string of the molecule is N#CCc1cc(F)cc(Oc2ccccc2)c1. The third-order valence-corrected chi connectivity index (χ3v) is 2.19. The Kier molecular flexibility index (Phi) is 3.37. The zero-order valence-electron chi connectivity index (χ0n) is 9.06. The Morgan fingerprint density at radius 3 is 2.53 bits per heavy atom. The molecule has 0 spiro atoms. The van der Waals surface area contributed by atoms with E-state index in [1.165, 1.54) is 12.1 Å². The zero-order valence-corrected chi connectivity index (χ0v) is 9.06. The maximum Gasteiger partial charge on any atom is 0.130 e. The van der Waals surface area contributed by atoms with E-state index in [1.807, 2.05) is 24.3 Å². The van der Waals surface area contributed by atoms with Crippen LogP contribution in [0.3, 0.4) is 0 Å². The predicted molar refractivity (Wildman–Crippen MR) is 62.2 cm³/mol. The summed E-state index contributed by atoms with van der Waals surface area (Å²) in [4.78, 5) is 0. The Labute approximate surface area is 98.9 Å². The average molecular weight is 227 g/mol. The van der Waals surface area contributed by atoms with E-state index in [-0.39, 0.29) is 6.42 Å². The fraction of sp³-hybridized carbons (Fsp3) is 0.0714. The van der Waals surface area contributed by atoms with Crippen LogP contribution < -0.4 is 4.74 Å². The number of ether oxygens (including phenoxy) is 1. The molecule has 0 saturated heterocycles. The van der Waals surface area contributed by atoms with Crippen LogP contribution in [0.2, 0.25) is 0 Å². The van der Waals surface area contributed by atoms with E-state index in [2.05, 4.69) is 0 Å². The van der Waals surface area contributed by atoms with Crippen molar-refractivity contribution in [1.29, 1.82) is 5.26 Å². The van der Waals surface area contributed by atoms with Gasteiger partial charge in [-0.25, -0.2) is 4.39 Å². The van der Waals surface area contributed by atoms with Crippen LogP contribution in [-0.2, 0) is 6.42 Å². The second-order valence-corrected chi connectivity index (χ2v) is 3.55. The highest BCUT2D eigenvalue weighted by Gasteiger charge is 2.02. The van der Waals surface area contributed by atoms with Gasteiger partial charge in [0.25, 0.3) is 0 Å². The number of halogens is 1. The molecule has 3 heteroatoms. The molecular weight excluding hydrogens is 217 g/mol. The normalized spacial score (nSPS) is 9.65. The third kappa shape index (κ3) is 3.05. The maximum atomic E-state index is 13.3. The zero-order chi connectivity index (χ0) is 12.1. The van der Waals surface area contributed by atoms with Crippen LogP contribution in [-0.4, -0.2) is 0 Å². The first-order valence-corrected chi connectivity index (χ1v) is 5.17. The molecule has 84 valence electrons. The molecule has 0 fully saturated rings. The third-order valence-electron chi connectivity index (χ3n) is 2.19. The molecule has 0 bridgehead atoms. The van der Waals surface area contributed by atoms with Crippen molar-refractivity contribution in [2.45, 2.75) is 6.42 Å². The minimum atomic E-state index is -0.399. The highest BCUT2D eigenvalue weighted by atomic mass is 19.1. The molecule has 2 aromatic carbocycles. The van der Waals surface area contributed by atoms with Crippen molar-refractivity contribution in [1.82, 2.24) is 0 Å². The van der Waals surface area contributed by atoms with Gasteiger partial charge in [-0.3, -0.25) is 0 Å². The molecule has 2 aromatic rings. The summed E-state index contributed by atoms with van der Waals surface area (Å²) in [6.45, 7) is 0. The van der Waals surface area contributed by atoms with Crippen LogP contribution in [0.4, 0.5) is 4.39 Å². The standard InChI is InChI=1S/C14H10FNO/c15-12-8-11(6-7-16)9-14(10-12)17-13-4-2-1-3-5-13/h1-5,8-10H,6H2. The van der Waals surface area contributed by atoms with E-state index < -0.39 is 5.82 Å². The first-order valence-electron chi connectivity index (χ1n) is 5.17. The molecule has 2 nitrogen and oxygen atoms in total. The van der Waals surface area contributed by atoms with Gasteiger partial charge < -0.3 is 4.74 Å². The molecule has 0 aromatic heterocycles. The molecule has 0 aliphatic carbocycles. The van der Waals surface area contributed by atoms with Crippen molar-refractivity contribution >= 4 is 0 Å². The summed E-state index contributed by atoms with van der Waals surface area (Å²) >= 11 is 0. The van der Waals surface area contributed by atoms with Crippen molar-refractivity contribution in [2.24, 2.45) is 0 Å². The van der Waals surface area contributed by atoms with Gasteiger partial charge in [-0.15, -0.1) is 0 Å². The molecule has 0 saturated carbocycles. The number of nitrogens with zero attached hydrogens (tertiary/aromatic N) is 1. The van der Waals surface area contributed by atoms with E-state index in [0.29, 0.717) is 17.1 Å². The second kappa shape index (κ2) is 5.13. The van der Waals surface area contributed by atoms with Crippen LogP contribution in [0.15, 0.2) is 48.5 Å². The van der Waals surface area contributed by atoms with E-state index in [0.717, 1.165) is 0 Å². The van der Waals surface area contributed by atoms with Crippen molar-refractivity contribution < 1.29 is 9.13 Å². The number of rotatable bonds is 3. The highest BCUT2D eigenvalue weighted by molar-refractivity contribution is 5.35. The van der Waals surface area contributed by atoms with Crippen molar-refractivity contribution in [3.8, 4) is 17.6 Å². The minimum Gasteiger partial charge on any atom is -0.457 e. The van der Waals surface area contributed by atoms with E-state index in [9.17, 15) is 4.39 Å². The number of nitriles is 1. The number of benzene rings is 2. The van der Waals surface area contributed by atoms with E-state index in [1.54, 1.807) is 18.2 Å². The Morgan fingerprint density at radius 1 is 1.06 bits per heavy atom. The molecular formula is C14H10FNO. The smallest absolute Gasteiger partial charge is 0.130 e. The summed E-state index contributed by atoms with van der Waals surface area (Å²) in [5, 5.41) is 8.58. The first kappa shape index (κ1) is 11.2. The monoisotopic (exact) mass is 227 g/mol. The van der Waals surface area contributed by atoms with Crippen LogP contribution in [0.1, 0.15) is 5.56 Å². The number of hydrogen-bond acceptors (Lipinski definition) is 2. The summed E-state index contributed by atoms with van der Waals surface area (Å²) < 4.78 is 18.8. The topological polar surface area (TPSA) is 33.0 Å². The van der Waals surface area contributed by atoms with E-state index in [4.69, 9.17) is 10.00 Å². The fourth-order valence-electron chi connectivity index (χ4n) is 1.50. The van der Waals surface area contributed by atoms with Crippen molar-refractivity contribution in [2.75, 3.05) is 0 Å². The molecule has 0 aliphatic heterocycles. The van der Waals surface area contributed by atoms with Crippen molar-refractivity contribution in [3.63, 3.8) is 0 Å². The summed E-state index contributed by atoms with van der Waals surface area (Å²) in [6, 6.07) is 15.4. The van der Waals surface area contributed by atoms with E-state index >= 15 is 0 Å². The van der Waals surface area contributed by atoms with Crippen LogP contribution in [0, 0.1) is 17.1 Å². The predicted octanol–water partition coefficient (Wildman–Crippen LogP) is 3.68. The van der Waals surface area contributed by atoms with Gasteiger partial charge in [0.1, 0.15) is 17.3 Å². The van der Waals surface area contributed by atoms with Gasteiger partial charge in [0.15, 0.2) is 0 Å². The summed E-state index contributed by atoms with van der Waals surface area (Å²) in [6.07, 6.45) is 0.170. The Hall–Kier alpha value is -2.34. The fourth-order valence-corrected chi connectivity index (χ4v) is 1.50. The summed E-state index contributed by atoms with van der Waals surface area (Å²) in [5.41, 5.74) is 0.610. The molecule has 2 rings (SSSR count). The lowest BCUT2D eigenvalue weighted by atomic mass is 10.1. The molecule has 0 aliphatic rings. The quantitative estimate of drug-likeness (QED) is 0.801. The second-order valence-electron chi connectivity index (χ2n) is 3.55. The molecule has 17 heavy (non-hydrogen) atoms. The Bertz CT molecular complexity index is 546. The molecule has 0 heterocycles. The van der Waals surface area contributed by atoms with Gasteiger partial charge >= 0.3 is 0 Å². The average Bonchev–Trinajstić information content (AvgIpc) is 2.30. The highest BCUT2D eigenvalue weighted by Crippen LogP contribution is 2.23. The van der Waals surface area contributed by atoms with Crippen LogP contribution in [0.5, 0.6) is 11.5 Å². The first-order chi connectivity index (χ1) is 8.28. The summed E-state index contributed by atoms with van der Waals surface area (Å²) in [7, 11) is 0. The molecule has 0 amide bonds. The van der Waals surface area contributed by atoms with Gasteiger partial charge in [-0.1, -0.05) is 18.2 Å². The lowest BCUT2D eigenvalue weighted by Gasteiger charge is -2.06. The van der Waals surface area contributed by atoms with Crippen LogP contribution in [0.25, 0.3) is 0 Å². The van der Waals surface area contributed by atoms with Crippen LogP contribution >= 0.6 is 0 Å². The molecule has 0 unspecified atom stereocenters. The largest absolute Gasteiger partial charge is 0.457 e.